The van der Waals surface area contributed by atoms with Crippen molar-refractivity contribution in [2.75, 3.05) is 13.1 Å². The molecule has 1 saturated carbocycles. The van der Waals surface area contributed by atoms with Crippen LogP contribution in [-0.4, -0.2) is 47.6 Å². The summed E-state index contributed by atoms with van der Waals surface area (Å²) in [6, 6.07) is 14.2. The minimum Gasteiger partial charge on any atom is -0.504 e. The van der Waals surface area contributed by atoms with Gasteiger partial charge >= 0.3 is 0 Å². The molecule has 2 saturated heterocycles. The first kappa shape index (κ1) is 22.6. The first-order valence-corrected chi connectivity index (χ1v) is 14.6. The molecular formula is C32H38N2O3. The van der Waals surface area contributed by atoms with E-state index in [0.717, 1.165) is 36.9 Å². The highest BCUT2D eigenvalue weighted by Gasteiger charge is 2.63. The van der Waals surface area contributed by atoms with Crippen molar-refractivity contribution < 1.29 is 14.9 Å². The van der Waals surface area contributed by atoms with Gasteiger partial charge in [-0.15, -0.1) is 0 Å². The number of phenolic OH excluding ortho intramolecular Hbond substituents is 1. The van der Waals surface area contributed by atoms with Crippen LogP contribution in [0.1, 0.15) is 60.8 Å². The zero-order chi connectivity index (χ0) is 24.8. The molecule has 8 atom stereocenters. The van der Waals surface area contributed by atoms with Crippen molar-refractivity contribution >= 4 is 0 Å². The lowest BCUT2D eigenvalue weighted by Crippen LogP contribution is -2.64. The number of phenols is 1. The second-order valence-electron chi connectivity index (χ2n) is 12.6. The molecule has 4 N–H and O–H groups in total. The van der Waals surface area contributed by atoms with E-state index in [1.807, 2.05) is 12.1 Å². The smallest absolute Gasteiger partial charge is 0.165 e. The van der Waals surface area contributed by atoms with E-state index >= 15 is 0 Å². The third kappa shape index (κ3) is 2.97. The normalized spacial score (nSPS) is 41.3. The summed E-state index contributed by atoms with van der Waals surface area (Å²) in [6.07, 6.45) is 13.5. The Morgan fingerprint density at radius 1 is 0.865 bits per heavy atom. The van der Waals surface area contributed by atoms with Crippen molar-refractivity contribution in [1.29, 1.82) is 0 Å². The number of ether oxygens (including phenoxy) is 1. The largest absolute Gasteiger partial charge is 0.504 e. The molecule has 1 spiro atoms. The van der Waals surface area contributed by atoms with Crippen molar-refractivity contribution in [3.8, 4) is 11.5 Å². The molecule has 7 aliphatic rings. The number of hydrogen-bond acceptors (Lipinski definition) is 5. The van der Waals surface area contributed by atoms with Crippen molar-refractivity contribution in [1.82, 2.24) is 10.6 Å². The molecule has 0 aromatic heterocycles. The zero-order valence-corrected chi connectivity index (χ0v) is 21.5. The van der Waals surface area contributed by atoms with Crippen LogP contribution < -0.4 is 15.4 Å². The van der Waals surface area contributed by atoms with Crippen molar-refractivity contribution in [3.63, 3.8) is 0 Å². The first-order valence-electron chi connectivity index (χ1n) is 14.6. The zero-order valence-electron chi connectivity index (χ0n) is 21.5. The fourth-order valence-electron chi connectivity index (χ4n) is 9.87. The number of hydrogen-bond donors (Lipinski definition) is 4. The summed E-state index contributed by atoms with van der Waals surface area (Å²) in [7, 11) is 0. The third-order valence-electron chi connectivity index (χ3n) is 11.2. The van der Waals surface area contributed by atoms with Gasteiger partial charge in [-0.3, -0.25) is 0 Å². The van der Waals surface area contributed by atoms with E-state index in [9.17, 15) is 10.2 Å². The summed E-state index contributed by atoms with van der Waals surface area (Å²) in [4.78, 5) is 0. The molecule has 2 aromatic rings. The molecule has 5 heteroatoms. The summed E-state index contributed by atoms with van der Waals surface area (Å²) >= 11 is 0. The fourth-order valence-corrected chi connectivity index (χ4v) is 9.87. The Bertz CT molecular complexity index is 1270. The van der Waals surface area contributed by atoms with Crippen LogP contribution in [0, 0.1) is 11.8 Å². The minimum absolute atomic E-state index is 0.161. The SMILES string of the molecule is Oc1ccc2c3c1O[C@H]1[C@@H](O)C=C[C@H]4[C@@H](C2)NCC[C@@]341.c1ccc2c(c1)C[C@H]1NCC[C@@]23CCCC[C@@H]13. The van der Waals surface area contributed by atoms with Crippen molar-refractivity contribution in [2.45, 2.75) is 86.5 Å². The van der Waals surface area contributed by atoms with E-state index in [1.54, 1.807) is 17.2 Å². The van der Waals surface area contributed by atoms with Crippen molar-refractivity contribution in [3.05, 3.63) is 70.8 Å². The minimum atomic E-state index is -0.595. The number of fused-ring (bicyclic) bond motifs is 1. The Balaban J connectivity index is 0.000000118. The maximum Gasteiger partial charge on any atom is 0.165 e. The molecule has 0 amide bonds. The molecule has 3 aliphatic heterocycles. The number of benzene rings is 2. The highest BCUT2D eigenvalue weighted by Crippen LogP contribution is 2.61. The van der Waals surface area contributed by atoms with Crippen LogP contribution in [0.5, 0.6) is 11.5 Å². The Hall–Kier alpha value is -2.34. The van der Waals surface area contributed by atoms with Gasteiger partial charge < -0.3 is 25.6 Å². The van der Waals surface area contributed by atoms with E-state index in [-0.39, 0.29) is 17.3 Å². The Labute approximate surface area is 219 Å². The summed E-state index contributed by atoms with van der Waals surface area (Å²) < 4.78 is 6.04. The third-order valence-corrected chi connectivity index (χ3v) is 11.2. The van der Waals surface area contributed by atoms with Gasteiger partial charge in [0.1, 0.15) is 12.2 Å². The summed E-state index contributed by atoms with van der Waals surface area (Å²) in [5.41, 5.74) is 6.14. The van der Waals surface area contributed by atoms with Crippen LogP contribution in [-0.2, 0) is 23.7 Å². The maximum absolute atomic E-state index is 10.4. The van der Waals surface area contributed by atoms with Crippen LogP contribution in [0.4, 0.5) is 0 Å². The molecule has 5 nitrogen and oxygen atoms in total. The van der Waals surface area contributed by atoms with Gasteiger partial charge in [-0.25, -0.2) is 0 Å². The summed E-state index contributed by atoms with van der Waals surface area (Å²) in [5.74, 6) is 2.08. The van der Waals surface area contributed by atoms with Crippen LogP contribution >= 0.6 is 0 Å². The van der Waals surface area contributed by atoms with Crippen LogP contribution in [0.15, 0.2) is 48.6 Å². The standard InChI is InChI=1S/C16H17NO3.C16H21N/c18-11-3-1-8-7-10-9-2-4-12(19)15-16(9,5-6-17-10)13(8)14(11)20-15;1-2-6-13-12(5-1)11-15-14-7-3-4-8-16(13,14)9-10-17-15/h1-4,9-10,12,15,17-19H,5-7H2;1-2,5-6,14-15,17H,3-4,7-11H2/t9-,10+,12-,15-,16-;14-,15+,16-/m00/s1. The van der Waals surface area contributed by atoms with Crippen LogP contribution in [0.2, 0.25) is 0 Å². The Morgan fingerprint density at radius 3 is 2.65 bits per heavy atom. The van der Waals surface area contributed by atoms with E-state index < -0.39 is 6.10 Å². The predicted octanol–water partition coefficient (Wildman–Crippen LogP) is 3.89. The van der Waals surface area contributed by atoms with E-state index in [0.29, 0.717) is 23.1 Å². The van der Waals surface area contributed by atoms with Gasteiger partial charge in [0.2, 0.25) is 0 Å². The molecule has 3 heterocycles. The maximum atomic E-state index is 10.4. The number of aliphatic hydroxyl groups is 1. The van der Waals surface area contributed by atoms with Gasteiger partial charge in [-0.05, 0) is 80.3 Å². The van der Waals surface area contributed by atoms with E-state index in [4.69, 9.17) is 4.74 Å². The lowest BCUT2D eigenvalue weighted by Gasteiger charge is -2.56. The monoisotopic (exact) mass is 498 g/mol. The van der Waals surface area contributed by atoms with Gasteiger partial charge in [0, 0.05) is 34.4 Å². The number of aromatic hydroxyl groups is 1. The van der Waals surface area contributed by atoms with Gasteiger partial charge in [-0.1, -0.05) is 55.3 Å². The van der Waals surface area contributed by atoms with E-state index in [1.165, 1.54) is 50.6 Å². The highest BCUT2D eigenvalue weighted by atomic mass is 16.5. The molecule has 4 bridgehead atoms. The van der Waals surface area contributed by atoms with E-state index in [2.05, 4.69) is 41.0 Å². The molecular weight excluding hydrogens is 460 g/mol. The second-order valence-corrected chi connectivity index (χ2v) is 12.6. The molecule has 2 aromatic carbocycles. The fraction of sp³-hybridized carbons (Fsp3) is 0.562. The molecule has 4 aliphatic carbocycles. The van der Waals surface area contributed by atoms with Crippen LogP contribution in [0.25, 0.3) is 0 Å². The molecule has 194 valence electrons. The second kappa shape index (κ2) is 8.08. The van der Waals surface area contributed by atoms with Gasteiger partial charge in [0.05, 0.1) is 0 Å². The van der Waals surface area contributed by atoms with Crippen molar-refractivity contribution in [2.24, 2.45) is 11.8 Å². The Morgan fingerprint density at radius 2 is 1.70 bits per heavy atom. The lowest BCUT2D eigenvalue weighted by atomic mass is 9.53. The van der Waals surface area contributed by atoms with Gasteiger partial charge in [0.25, 0.3) is 0 Å². The quantitative estimate of drug-likeness (QED) is 0.415. The highest BCUT2D eigenvalue weighted by molar-refractivity contribution is 5.61. The molecule has 3 fully saturated rings. The summed E-state index contributed by atoms with van der Waals surface area (Å²) in [5, 5.41) is 27.9. The molecule has 9 rings (SSSR count). The molecule has 0 unspecified atom stereocenters. The topological polar surface area (TPSA) is 73.8 Å². The molecule has 0 radical (unpaired) electrons. The number of aliphatic hydroxyl groups excluding tert-OH is 1. The number of nitrogens with one attached hydrogen (secondary N) is 2. The average molecular weight is 499 g/mol. The first-order chi connectivity index (χ1) is 18.1. The average Bonchev–Trinajstić information content (AvgIpc) is 3.27. The Kier molecular flexibility index (Phi) is 4.94. The summed E-state index contributed by atoms with van der Waals surface area (Å²) in [6.45, 7) is 2.17. The van der Waals surface area contributed by atoms with Gasteiger partial charge in [-0.2, -0.15) is 0 Å². The molecule has 37 heavy (non-hydrogen) atoms. The van der Waals surface area contributed by atoms with Crippen LogP contribution in [0.3, 0.4) is 0 Å². The number of piperidine rings is 2. The predicted molar refractivity (Wildman–Crippen MR) is 143 cm³/mol. The number of rotatable bonds is 0. The van der Waals surface area contributed by atoms with Gasteiger partial charge in [0.15, 0.2) is 11.5 Å². The lowest BCUT2D eigenvalue weighted by molar-refractivity contribution is -0.0177.